The molecule has 0 radical (unpaired) electrons. The largest absolute Gasteiger partial charge is 0.479 e. The van der Waals surface area contributed by atoms with E-state index in [2.05, 4.69) is 15.4 Å². The maximum Gasteiger partial charge on any atom is 0.265 e. The number of sulfonamides is 1. The fourth-order valence-corrected chi connectivity index (χ4v) is 4.74. The summed E-state index contributed by atoms with van der Waals surface area (Å²) in [6.45, 7) is 1.82. The molecule has 0 spiro atoms. The smallest absolute Gasteiger partial charge is 0.265 e. The van der Waals surface area contributed by atoms with Gasteiger partial charge in [0.2, 0.25) is 10.0 Å². The molecule has 160 valence electrons. The van der Waals surface area contributed by atoms with Gasteiger partial charge in [0.25, 0.3) is 11.8 Å². The van der Waals surface area contributed by atoms with Gasteiger partial charge in [0.15, 0.2) is 6.10 Å². The topological polar surface area (TPSA) is 114 Å². The quantitative estimate of drug-likeness (QED) is 0.526. The van der Waals surface area contributed by atoms with Crippen molar-refractivity contribution in [2.45, 2.75) is 24.5 Å². The van der Waals surface area contributed by atoms with Gasteiger partial charge in [0.05, 0.1) is 10.6 Å². The first-order valence-electron chi connectivity index (χ1n) is 9.37. The van der Waals surface area contributed by atoms with Crippen LogP contribution in [-0.4, -0.2) is 26.3 Å². The van der Waals surface area contributed by atoms with E-state index >= 15 is 0 Å². The summed E-state index contributed by atoms with van der Waals surface area (Å²) >= 11 is 1.45. The van der Waals surface area contributed by atoms with Gasteiger partial charge in [-0.15, -0.1) is 11.3 Å². The molecule has 4 rings (SSSR count). The molecule has 0 aliphatic carbocycles. The number of rotatable bonds is 6. The Hall–Kier alpha value is -3.21. The summed E-state index contributed by atoms with van der Waals surface area (Å²) in [5, 5.41) is 7.29. The van der Waals surface area contributed by atoms with E-state index in [4.69, 9.17) is 4.74 Å². The van der Waals surface area contributed by atoms with Crippen LogP contribution in [0.3, 0.4) is 0 Å². The van der Waals surface area contributed by atoms with E-state index < -0.39 is 22.0 Å². The van der Waals surface area contributed by atoms with Gasteiger partial charge >= 0.3 is 0 Å². The summed E-state index contributed by atoms with van der Waals surface area (Å²) in [5.41, 5.74) is 1.08. The van der Waals surface area contributed by atoms with Gasteiger partial charge < -0.3 is 15.4 Å². The molecule has 3 aromatic rings. The predicted molar refractivity (Wildman–Crippen MR) is 118 cm³/mol. The van der Waals surface area contributed by atoms with Crippen molar-refractivity contribution in [3.63, 3.8) is 0 Å². The Morgan fingerprint density at radius 2 is 2.00 bits per heavy atom. The number of hydrogen-bond acceptors (Lipinski definition) is 6. The summed E-state index contributed by atoms with van der Waals surface area (Å²) in [4.78, 5) is 25.3. The minimum atomic E-state index is -3.78. The minimum Gasteiger partial charge on any atom is -0.479 e. The highest BCUT2D eigenvalue weighted by Gasteiger charge is 2.24. The molecule has 10 heteroatoms. The van der Waals surface area contributed by atoms with Gasteiger partial charge in [-0.25, -0.2) is 13.1 Å². The molecule has 1 aliphatic heterocycles. The Morgan fingerprint density at radius 3 is 2.77 bits per heavy atom. The first-order valence-corrected chi connectivity index (χ1v) is 11.7. The number of benzene rings is 2. The molecular formula is C21H19N3O5S2. The number of nitrogens with one attached hydrogen (secondary N) is 3. The van der Waals surface area contributed by atoms with Crippen LogP contribution < -0.4 is 20.1 Å². The molecule has 1 atom stereocenters. The molecule has 0 unspecified atom stereocenters. The maximum atomic E-state index is 12.7. The van der Waals surface area contributed by atoms with E-state index in [-0.39, 0.29) is 22.9 Å². The number of hydrogen-bond donors (Lipinski definition) is 3. The van der Waals surface area contributed by atoms with Crippen LogP contribution in [0.25, 0.3) is 0 Å². The summed E-state index contributed by atoms with van der Waals surface area (Å²) in [5.74, 6) is -0.245. The zero-order chi connectivity index (χ0) is 22.0. The van der Waals surface area contributed by atoms with Crippen LogP contribution in [0.2, 0.25) is 0 Å². The number of ether oxygens (including phenoxy) is 1. The highest BCUT2D eigenvalue weighted by Crippen LogP contribution is 2.32. The second-order valence-electron chi connectivity index (χ2n) is 6.85. The zero-order valence-corrected chi connectivity index (χ0v) is 18.0. The predicted octanol–water partition coefficient (Wildman–Crippen LogP) is 3.20. The average molecular weight is 458 g/mol. The lowest BCUT2D eigenvalue weighted by Gasteiger charge is -2.23. The number of carbonyl (C=O) groups excluding carboxylic acids is 2. The molecule has 2 aromatic carbocycles. The molecule has 1 aliphatic rings. The van der Waals surface area contributed by atoms with E-state index in [1.165, 1.54) is 35.6 Å². The third-order valence-corrected chi connectivity index (χ3v) is 6.87. The first kappa shape index (κ1) is 21.0. The Morgan fingerprint density at radius 1 is 1.16 bits per heavy atom. The normalized spacial score (nSPS) is 15.5. The molecular weight excluding hydrogens is 438 g/mol. The van der Waals surface area contributed by atoms with Gasteiger partial charge in [-0.1, -0.05) is 12.1 Å². The summed E-state index contributed by atoms with van der Waals surface area (Å²) in [6.07, 6.45) is -0.592. The molecule has 2 amide bonds. The lowest BCUT2D eigenvalue weighted by Crippen LogP contribution is -2.34. The fourth-order valence-electron chi connectivity index (χ4n) is 2.96. The maximum absolute atomic E-state index is 12.7. The molecule has 0 fully saturated rings. The Bertz CT molecular complexity index is 1240. The van der Waals surface area contributed by atoms with Gasteiger partial charge in [0, 0.05) is 22.7 Å². The number of anilines is 2. The number of amides is 2. The summed E-state index contributed by atoms with van der Waals surface area (Å²) < 4.78 is 33.2. The minimum absolute atomic E-state index is 0.00296. The standard InChI is InChI=1S/C21H19N3O5S2/c1-13-20(25)24-18-11-15(7-8-19(18)29-13)23-21(26)14-4-2-6-17(10-14)31(27,28)22-12-16-5-3-9-30-16/h2-11,13,22H,12H2,1H3,(H,23,26)(H,24,25)/t13-/m0/s1. The molecule has 3 N–H and O–H groups in total. The van der Waals surface area contributed by atoms with Crippen LogP contribution in [0.1, 0.15) is 22.2 Å². The second-order valence-corrected chi connectivity index (χ2v) is 9.65. The second kappa shape index (κ2) is 8.50. The van der Waals surface area contributed by atoms with Gasteiger partial charge in [0.1, 0.15) is 5.75 Å². The molecule has 31 heavy (non-hydrogen) atoms. The lowest BCUT2D eigenvalue weighted by atomic mass is 10.2. The Kier molecular flexibility index (Phi) is 5.77. The molecule has 8 nitrogen and oxygen atoms in total. The van der Waals surface area contributed by atoms with Crippen LogP contribution >= 0.6 is 11.3 Å². The highest BCUT2D eigenvalue weighted by molar-refractivity contribution is 7.89. The lowest BCUT2D eigenvalue weighted by molar-refractivity contribution is -0.122. The van der Waals surface area contributed by atoms with Crippen molar-refractivity contribution in [3.05, 3.63) is 70.4 Å². The van der Waals surface area contributed by atoms with E-state index in [9.17, 15) is 18.0 Å². The van der Waals surface area contributed by atoms with Gasteiger partial charge in [-0.2, -0.15) is 0 Å². The van der Waals surface area contributed by atoms with Crippen molar-refractivity contribution >= 4 is 44.5 Å². The Balaban J connectivity index is 1.48. The van der Waals surface area contributed by atoms with Crippen LogP contribution in [0, 0.1) is 0 Å². The monoisotopic (exact) mass is 457 g/mol. The van der Waals surface area contributed by atoms with E-state index in [1.807, 2.05) is 17.5 Å². The van der Waals surface area contributed by atoms with E-state index in [1.54, 1.807) is 25.1 Å². The molecule has 0 bridgehead atoms. The summed E-state index contributed by atoms with van der Waals surface area (Å²) in [7, 11) is -3.78. The van der Waals surface area contributed by atoms with Crippen molar-refractivity contribution in [1.82, 2.24) is 4.72 Å². The first-order chi connectivity index (χ1) is 14.8. The van der Waals surface area contributed by atoms with Crippen molar-refractivity contribution in [3.8, 4) is 5.75 Å². The van der Waals surface area contributed by atoms with Gasteiger partial charge in [-0.3, -0.25) is 9.59 Å². The van der Waals surface area contributed by atoms with Crippen LogP contribution in [-0.2, 0) is 21.4 Å². The summed E-state index contributed by atoms with van der Waals surface area (Å²) in [6, 6.07) is 14.3. The average Bonchev–Trinajstić information content (AvgIpc) is 3.27. The van der Waals surface area contributed by atoms with Crippen molar-refractivity contribution < 1.29 is 22.7 Å². The molecule has 0 saturated carbocycles. The third kappa shape index (κ3) is 4.76. The van der Waals surface area contributed by atoms with Crippen molar-refractivity contribution in [2.24, 2.45) is 0 Å². The third-order valence-electron chi connectivity index (χ3n) is 4.59. The SMILES string of the molecule is C[C@@H]1Oc2ccc(NC(=O)c3cccc(S(=O)(=O)NCc4cccs4)c3)cc2NC1=O. The number of carbonyl (C=O) groups is 2. The fraction of sp³-hybridized carbons (Fsp3) is 0.143. The van der Waals surface area contributed by atoms with Crippen LogP contribution in [0.4, 0.5) is 11.4 Å². The number of fused-ring (bicyclic) bond motifs is 1. The molecule has 1 aromatic heterocycles. The van der Waals surface area contributed by atoms with Crippen LogP contribution in [0.5, 0.6) is 5.75 Å². The van der Waals surface area contributed by atoms with Crippen molar-refractivity contribution in [2.75, 3.05) is 10.6 Å². The zero-order valence-electron chi connectivity index (χ0n) is 16.4. The Labute approximate surface area is 183 Å². The van der Waals surface area contributed by atoms with Crippen molar-refractivity contribution in [1.29, 1.82) is 0 Å². The highest BCUT2D eigenvalue weighted by atomic mass is 32.2. The molecule has 0 saturated heterocycles. The van der Waals surface area contributed by atoms with Gasteiger partial charge in [-0.05, 0) is 54.8 Å². The van der Waals surface area contributed by atoms with E-state index in [0.717, 1.165) is 4.88 Å². The van der Waals surface area contributed by atoms with Crippen LogP contribution in [0.15, 0.2) is 64.9 Å². The van der Waals surface area contributed by atoms with E-state index in [0.29, 0.717) is 17.1 Å². The molecule has 2 heterocycles. The number of thiophene rings is 1.